The van der Waals surface area contributed by atoms with Crippen molar-refractivity contribution in [2.24, 2.45) is 5.73 Å². The first kappa shape index (κ1) is 14.8. The van der Waals surface area contributed by atoms with Crippen LogP contribution in [0.2, 0.25) is 0 Å². The van der Waals surface area contributed by atoms with Crippen LogP contribution >= 0.6 is 0 Å². The second-order valence-electron chi connectivity index (χ2n) is 4.94. The molecule has 0 spiro atoms. The van der Waals surface area contributed by atoms with Gasteiger partial charge >= 0.3 is 12.0 Å². The van der Waals surface area contributed by atoms with Crippen LogP contribution < -0.4 is 5.73 Å². The van der Waals surface area contributed by atoms with Gasteiger partial charge in [-0.15, -0.1) is 0 Å². The van der Waals surface area contributed by atoms with E-state index in [9.17, 15) is 14.4 Å². The van der Waals surface area contributed by atoms with Gasteiger partial charge in [0.05, 0.1) is 0 Å². The molecule has 1 aliphatic rings. The molecule has 1 heterocycles. The molecule has 0 aliphatic carbocycles. The lowest BCUT2D eigenvalue weighted by atomic mass is 10.0. The number of hydrogen-bond donors (Lipinski definition) is 2. The van der Waals surface area contributed by atoms with Crippen molar-refractivity contribution in [3.8, 4) is 0 Å². The third-order valence-corrected chi connectivity index (χ3v) is 3.34. The van der Waals surface area contributed by atoms with Gasteiger partial charge in [-0.25, -0.2) is 4.79 Å². The van der Waals surface area contributed by atoms with Gasteiger partial charge in [0.1, 0.15) is 13.1 Å². The lowest BCUT2D eigenvalue weighted by Gasteiger charge is -2.32. The number of carboxylic acid groups (broad SMARTS) is 1. The normalized spacial score (nSPS) is 13.4. The molecule has 0 saturated heterocycles. The smallest absolute Gasteiger partial charge is 0.323 e. The molecular formula is C14H17N3O4. The van der Waals surface area contributed by atoms with Crippen LogP contribution in [0.5, 0.6) is 0 Å². The average molecular weight is 291 g/mol. The molecule has 1 aromatic carbocycles. The van der Waals surface area contributed by atoms with Crippen molar-refractivity contribution in [2.75, 3.05) is 19.6 Å². The lowest BCUT2D eigenvalue weighted by Crippen LogP contribution is -2.49. The molecule has 0 bridgehead atoms. The van der Waals surface area contributed by atoms with Crippen molar-refractivity contribution in [1.29, 1.82) is 0 Å². The summed E-state index contributed by atoms with van der Waals surface area (Å²) in [5, 5.41) is 8.84. The van der Waals surface area contributed by atoms with Crippen LogP contribution in [-0.2, 0) is 22.6 Å². The summed E-state index contributed by atoms with van der Waals surface area (Å²) in [7, 11) is 0. The first-order valence-corrected chi connectivity index (χ1v) is 6.58. The molecule has 1 aliphatic heterocycles. The predicted molar refractivity (Wildman–Crippen MR) is 74.4 cm³/mol. The van der Waals surface area contributed by atoms with Gasteiger partial charge in [-0.1, -0.05) is 24.3 Å². The maximum Gasteiger partial charge on any atom is 0.323 e. The number of rotatable bonds is 4. The van der Waals surface area contributed by atoms with Gasteiger partial charge in [-0.2, -0.15) is 0 Å². The fourth-order valence-corrected chi connectivity index (χ4v) is 2.40. The summed E-state index contributed by atoms with van der Waals surface area (Å²) in [4.78, 5) is 36.7. The molecule has 3 N–H and O–H groups in total. The third-order valence-electron chi connectivity index (χ3n) is 3.34. The van der Waals surface area contributed by atoms with Crippen molar-refractivity contribution in [2.45, 2.75) is 13.0 Å². The second kappa shape index (κ2) is 6.25. The van der Waals surface area contributed by atoms with Crippen LogP contribution in [-0.4, -0.2) is 52.4 Å². The van der Waals surface area contributed by atoms with Gasteiger partial charge in [-0.05, 0) is 17.5 Å². The number of urea groups is 1. The Hall–Kier alpha value is -2.57. The van der Waals surface area contributed by atoms with E-state index in [4.69, 9.17) is 10.8 Å². The summed E-state index contributed by atoms with van der Waals surface area (Å²) in [6.45, 7) is -0.0438. The maximum absolute atomic E-state index is 12.4. The molecule has 112 valence electrons. The first-order valence-electron chi connectivity index (χ1n) is 6.58. The van der Waals surface area contributed by atoms with Crippen LogP contribution in [0.25, 0.3) is 0 Å². The quantitative estimate of drug-likeness (QED) is 0.817. The number of benzene rings is 1. The highest BCUT2D eigenvalue weighted by Crippen LogP contribution is 2.19. The number of nitrogens with two attached hydrogens (primary N) is 1. The molecule has 0 radical (unpaired) electrons. The molecule has 0 unspecified atom stereocenters. The SMILES string of the molecule is NC(=O)CN(CC(=O)O)C(=O)N1CCc2ccccc2C1. The summed E-state index contributed by atoms with van der Waals surface area (Å²) < 4.78 is 0. The number of carbonyl (C=O) groups excluding carboxylic acids is 2. The third kappa shape index (κ3) is 3.71. The van der Waals surface area contributed by atoms with E-state index in [0.717, 1.165) is 10.5 Å². The first-order chi connectivity index (χ1) is 9.97. The average Bonchev–Trinajstić information content (AvgIpc) is 2.44. The Kier molecular flexibility index (Phi) is 4.42. The van der Waals surface area contributed by atoms with Crippen LogP contribution in [0.1, 0.15) is 11.1 Å². The molecule has 0 fully saturated rings. The van der Waals surface area contributed by atoms with Gasteiger partial charge in [0.25, 0.3) is 0 Å². The molecule has 3 amide bonds. The van der Waals surface area contributed by atoms with E-state index >= 15 is 0 Å². The second-order valence-corrected chi connectivity index (χ2v) is 4.94. The van der Waals surface area contributed by atoms with Crippen molar-refractivity contribution in [3.05, 3.63) is 35.4 Å². The molecule has 7 heteroatoms. The van der Waals surface area contributed by atoms with Gasteiger partial charge in [0.15, 0.2) is 0 Å². The summed E-state index contributed by atoms with van der Waals surface area (Å²) in [6, 6.07) is 7.30. The highest BCUT2D eigenvalue weighted by atomic mass is 16.4. The minimum atomic E-state index is -1.18. The topological polar surface area (TPSA) is 104 Å². The summed E-state index contributed by atoms with van der Waals surface area (Å²) in [6.07, 6.45) is 0.708. The Morgan fingerprint density at radius 3 is 2.48 bits per heavy atom. The zero-order valence-electron chi connectivity index (χ0n) is 11.5. The van der Waals surface area contributed by atoms with Gasteiger partial charge in [-0.3, -0.25) is 9.59 Å². The Morgan fingerprint density at radius 2 is 1.86 bits per heavy atom. The monoisotopic (exact) mass is 291 g/mol. The molecule has 1 aromatic rings. The molecule has 2 rings (SSSR count). The zero-order chi connectivity index (χ0) is 15.4. The minimum Gasteiger partial charge on any atom is -0.480 e. The van der Waals surface area contributed by atoms with E-state index in [0.29, 0.717) is 19.5 Å². The number of primary amides is 1. The fraction of sp³-hybridized carbons (Fsp3) is 0.357. The molecular weight excluding hydrogens is 274 g/mol. The summed E-state index contributed by atoms with van der Waals surface area (Å²) >= 11 is 0. The Balaban J connectivity index is 2.11. The van der Waals surface area contributed by atoms with E-state index in [-0.39, 0.29) is 0 Å². The highest BCUT2D eigenvalue weighted by molar-refractivity contribution is 5.86. The molecule has 0 atom stereocenters. The van der Waals surface area contributed by atoms with Crippen LogP contribution in [0.4, 0.5) is 4.79 Å². The van der Waals surface area contributed by atoms with E-state index in [2.05, 4.69) is 0 Å². The Morgan fingerprint density at radius 1 is 1.19 bits per heavy atom. The standard InChI is InChI=1S/C14H17N3O4/c15-12(18)8-17(9-13(19)20)14(21)16-6-5-10-3-1-2-4-11(10)7-16/h1-4H,5-9H2,(H2,15,18)(H,19,20). The number of carbonyl (C=O) groups is 3. The van der Waals surface area contributed by atoms with Gasteiger partial charge in [0, 0.05) is 13.1 Å². The van der Waals surface area contributed by atoms with Gasteiger partial charge < -0.3 is 20.6 Å². The minimum absolute atomic E-state index is 0.400. The van der Waals surface area contributed by atoms with Crippen molar-refractivity contribution in [3.63, 3.8) is 0 Å². The summed E-state index contributed by atoms with van der Waals surface area (Å²) in [5.74, 6) is -1.91. The Bertz CT molecular complexity index is 557. The largest absolute Gasteiger partial charge is 0.480 e. The van der Waals surface area contributed by atoms with Crippen LogP contribution in [0.3, 0.4) is 0 Å². The van der Waals surface area contributed by atoms with Crippen molar-refractivity contribution in [1.82, 2.24) is 9.80 Å². The number of amides is 3. The number of aliphatic carboxylic acids is 1. The Labute approximate surface area is 121 Å². The van der Waals surface area contributed by atoms with Crippen LogP contribution in [0.15, 0.2) is 24.3 Å². The number of nitrogens with zero attached hydrogens (tertiary/aromatic N) is 2. The fourth-order valence-electron chi connectivity index (χ4n) is 2.40. The number of fused-ring (bicyclic) bond motifs is 1. The zero-order valence-corrected chi connectivity index (χ0v) is 11.5. The van der Waals surface area contributed by atoms with Gasteiger partial charge in [0.2, 0.25) is 5.91 Å². The molecule has 21 heavy (non-hydrogen) atoms. The highest BCUT2D eigenvalue weighted by Gasteiger charge is 2.27. The van der Waals surface area contributed by atoms with Crippen molar-refractivity contribution < 1.29 is 19.5 Å². The predicted octanol–water partition coefficient (Wildman–Crippen LogP) is 0.0366. The van der Waals surface area contributed by atoms with E-state index in [1.165, 1.54) is 10.5 Å². The van der Waals surface area contributed by atoms with E-state index < -0.39 is 31.0 Å². The lowest BCUT2D eigenvalue weighted by molar-refractivity contribution is -0.138. The molecule has 0 aromatic heterocycles. The number of hydrogen-bond acceptors (Lipinski definition) is 3. The molecule has 7 nitrogen and oxygen atoms in total. The molecule has 0 saturated carbocycles. The van der Waals surface area contributed by atoms with Crippen LogP contribution in [0, 0.1) is 0 Å². The number of carboxylic acids is 1. The van der Waals surface area contributed by atoms with E-state index in [1.807, 2.05) is 24.3 Å². The summed E-state index contributed by atoms with van der Waals surface area (Å²) in [5.41, 5.74) is 7.28. The maximum atomic E-state index is 12.4. The van der Waals surface area contributed by atoms with Crippen molar-refractivity contribution >= 4 is 17.9 Å². The van der Waals surface area contributed by atoms with E-state index in [1.54, 1.807) is 0 Å².